The average molecular weight is 290 g/mol. The van der Waals surface area contributed by atoms with Crippen molar-refractivity contribution in [1.82, 2.24) is 4.98 Å². The molecule has 3 N–H and O–H groups in total. The number of aryl methyl sites for hydroxylation is 1. The number of nitrogens with two attached hydrogens (primary N) is 1. The van der Waals surface area contributed by atoms with Gasteiger partial charge in [-0.3, -0.25) is 0 Å². The molecule has 0 aromatic carbocycles. The molecule has 0 aliphatic carbocycles. The van der Waals surface area contributed by atoms with Crippen molar-refractivity contribution >= 4 is 23.0 Å². The molecule has 2 rings (SSSR count). The highest BCUT2D eigenvalue weighted by atomic mass is 32.1. The first-order valence-corrected chi connectivity index (χ1v) is 7.26. The molecule has 2 aromatic heterocycles. The van der Waals surface area contributed by atoms with Crippen molar-refractivity contribution in [2.75, 3.05) is 11.4 Å². The number of hydrogen-bond acceptors (Lipinski definition) is 5. The van der Waals surface area contributed by atoms with Gasteiger partial charge in [-0.2, -0.15) is 0 Å². The Balaban J connectivity index is 2.39. The molecule has 0 spiro atoms. The van der Waals surface area contributed by atoms with Crippen LogP contribution in [0.2, 0.25) is 0 Å². The Morgan fingerprint density at radius 2 is 2.25 bits per heavy atom. The van der Waals surface area contributed by atoms with Crippen LogP contribution in [0, 0.1) is 6.92 Å². The van der Waals surface area contributed by atoms with E-state index in [1.807, 2.05) is 25.1 Å². The van der Waals surface area contributed by atoms with Gasteiger partial charge in [0.1, 0.15) is 5.82 Å². The summed E-state index contributed by atoms with van der Waals surface area (Å²) in [7, 11) is 0. The molecular formula is C14H18N4OS. The molecular weight excluding hydrogens is 272 g/mol. The first-order valence-electron chi connectivity index (χ1n) is 6.38. The molecule has 0 saturated heterocycles. The van der Waals surface area contributed by atoms with Gasteiger partial charge in [0.2, 0.25) is 0 Å². The van der Waals surface area contributed by atoms with Crippen LogP contribution in [0.25, 0.3) is 0 Å². The van der Waals surface area contributed by atoms with Gasteiger partial charge in [0.15, 0.2) is 5.84 Å². The Labute approximate surface area is 122 Å². The third-order valence-corrected chi connectivity index (χ3v) is 3.87. The van der Waals surface area contributed by atoms with E-state index in [1.165, 1.54) is 4.88 Å². The standard InChI is InChI=1S/C14H18N4OS/c1-3-18(9-11-5-4-8-20-11)14-12(13(15)17-19)7-6-10(2)16-14/h4-8,19H,3,9H2,1-2H3,(H2,15,17). The smallest absolute Gasteiger partial charge is 0.173 e. The summed E-state index contributed by atoms with van der Waals surface area (Å²) >= 11 is 1.71. The first kappa shape index (κ1) is 14.3. The zero-order valence-electron chi connectivity index (χ0n) is 11.6. The van der Waals surface area contributed by atoms with Crippen LogP contribution in [-0.2, 0) is 6.54 Å². The number of rotatable bonds is 5. The molecule has 106 valence electrons. The maximum absolute atomic E-state index is 8.91. The molecule has 0 unspecified atom stereocenters. The van der Waals surface area contributed by atoms with Gasteiger partial charge in [-0.1, -0.05) is 11.2 Å². The van der Waals surface area contributed by atoms with E-state index in [1.54, 1.807) is 11.3 Å². The lowest BCUT2D eigenvalue weighted by Gasteiger charge is -2.24. The molecule has 0 amide bonds. The van der Waals surface area contributed by atoms with E-state index in [-0.39, 0.29) is 5.84 Å². The predicted molar refractivity (Wildman–Crippen MR) is 82.5 cm³/mol. The van der Waals surface area contributed by atoms with Crippen molar-refractivity contribution in [2.24, 2.45) is 10.9 Å². The summed E-state index contributed by atoms with van der Waals surface area (Å²) in [6, 6.07) is 7.81. The number of pyridine rings is 1. The molecule has 0 aliphatic rings. The third kappa shape index (κ3) is 3.08. The summed E-state index contributed by atoms with van der Waals surface area (Å²) in [5.74, 6) is 0.827. The molecule has 0 fully saturated rings. The Bertz CT molecular complexity index is 595. The Hall–Kier alpha value is -2.08. The van der Waals surface area contributed by atoms with Crippen LogP contribution >= 0.6 is 11.3 Å². The molecule has 0 atom stereocenters. The summed E-state index contributed by atoms with van der Waals surface area (Å²) in [6.45, 7) is 5.54. The van der Waals surface area contributed by atoms with E-state index in [2.05, 4.69) is 33.4 Å². The largest absolute Gasteiger partial charge is 0.409 e. The van der Waals surface area contributed by atoms with E-state index in [0.29, 0.717) is 5.56 Å². The number of oxime groups is 1. The number of thiophene rings is 1. The second-order valence-corrected chi connectivity index (χ2v) is 5.43. The maximum atomic E-state index is 8.91. The second kappa shape index (κ2) is 6.38. The Kier molecular flexibility index (Phi) is 4.57. The minimum Gasteiger partial charge on any atom is -0.409 e. The van der Waals surface area contributed by atoms with Crippen molar-refractivity contribution in [2.45, 2.75) is 20.4 Å². The van der Waals surface area contributed by atoms with Gasteiger partial charge in [0, 0.05) is 17.1 Å². The second-order valence-electron chi connectivity index (χ2n) is 4.40. The number of aromatic nitrogens is 1. The van der Waals surface area contributed by atoms with Crippen LogP contribution in [0.1, 0.15) is 23.1 Å². The molecule has 0 saturated carbocycles. The minimum atomic E-state index is 0.0807. The normalized spacial score (nSPS) is 11.6. The maximum Gasteiger partial charge on any atom is 0.173 e. The Morgan fingerprint density at radius 1 is 1.45 bits per heavy atom. The van der Waals surface area contributed by atoms with Crippen molar-refractivity contribution in [3.63, 3.8) is 0 Å². The lowest BCUT2D eigenvalue weighted by atomic mass is 10.2. The van der Waals surface area contributed by atoms with Gasteiger partial charge in [-0.25, -0.2) is 4.98 Å². The van der Waals surface area contributed by atoms with Gasteiger partial charge in [0.25, 0.3) is 0 Å². The Morgan fingerprint density at radius 3 is 2.85 bits per heavy atom. The summed E-state index contributed by atoms with van der Waals surface area (Å²) in [6.07, 6.45) is 0. The lowest BCUT2D eigenvalue weighted by Crippen LogP contribution is -2.27. The number of hydrogen-bond donors (Lipinski definition) is 2. The SMILES string of the molecule is CCN(Cc1cccs1)c1nc(C)ccc1C(N)=NO. The van der Waals surface area contributed by atoms with E-state index >= 15 is 0 Å². The van der Waals surface area contributed by atoms with Gasteiger partial charge in [-0.05, 0) is 37.4 Å². The highest BCUT2D eigenvalue weighted by Gasteiger charge is 2.15. The third-order valence-electron chi connectivity index (χ3n) is 3.01. The van der Waals surface area contributed by atoms with E-state index in [9.17, 15) is 0 Å². The van der Waals surface area contributed by atoms with Crippen LogP contribution in [0.4, 0.5) is 5.82 Å². The summed E-state index contributed by atoms with van der Waals surface area (Å²) in [4.78, 5) is 7.92. The number of anilines is 1. The molecule has 5 nitrogen and oxygen atoms in total. The van der Waals surface area contributed by atoms with E-state index < -0.39 is 0 Å². The summed E-state index contributed by atoms with van der Waals surface area (Å²) < 4.78 is 0. The van der Waals surface area contributed by atoms with Crippen molar-refractivity contribution in [3.8, 4) is 0 Å². The number of nitrogens with zero attached hydrogens (tertiary/aromatic N) is 3. The van der Waals surface area contributed by atoms with Crippen LogP contribution in [0.15, 0.2) is 34.8 Å². The van der Waals surface area contributed by atoms with Crippen LogP contribution in [-0.4, -0.2) is 22.6 Å². The summed E-state index contributed by atoms with van der Waals surface area (Å²) in [5.41, 5.74) is 7.30. The highest BCUT2D eigenvalue weighted by molar-refractivity contribution is 7.09. The van der Waals surface area contributed by atoms with Gasteiger partial charge < -0.3 is 15.8 Å². The average Bonchev–Trinajstić information content (AvgIpc) is 2.97. The molecule has 2 aromatic rings. The molecule has 0 radical (unpaired) electrons. The van der Waals surface area contributed by atoms with E-state index in [0.717, 1.165) is 24.6 Å². The van der Waals surface area contributed by atoms with Crippen molar-refractivity contribution < 1.29 is 5.21 Å². The molecule has 6 heteroatoms. The topological polar surface area (TPSA) is 74.7 Å². The number of amidine groups is 1. The highest BCUT2D eigenvalue weighted by Crippen LogP contribution is 2.22. The van der Waals surface area contributed by atoms with Crippen molar-refractivity contribution in [3.05, 3.63) is 45.8 Å². The molecule has 0 bridgehead atoms. The molecule has 2 heterocycles. The first-order chi connectivity index (χ1) is 9.65. The van der Waals surface area contributed by atoms with Crippen LogP contribution < -0.4 is 10.6 Å². The fourth-order valence-electron chi connectivity index (χ4n) is 1.96. The quantitative estimate of drug-likeness (QED) is 0.384. The zero-order chi connectivity index (χ0) is 14.5. The van der Waals surface area contributed by atoms with Crippen LogP contribution in [0.3, 0.4) is 0 Å². The van der Waals surface area contributed by atoms with Gasteiger partial charge in [0.05, 0.1) is 12.1 Å². The molecule has 0 aliphatic heterocycles. The van der Waals surface area contributed by atoms with Crippen molar-refractivity contribution in [1.29, 1.82) is 0 Å². The van der Waals surface area contributed by atoms with E-state index in [4.69, 9.17) is 10.9 Å². The monoisotopic (exact) mass is 290 g/mol. The zero-order valence-corrected chi connectivity index (χ0v) is 12.4. The predicted octanol–water partition coefficient (Wildman–Crippen LogP) is 2.57. The van der Waals surface area contributed by atoms with Gasteiger partial charge >= 0.3 is 0 Å². The van der Waals surface area contributed by atoms with Gasteiger partial charge in [-0.15, -0.1) is 11.3 Å². The summed E-state index contributed by atoms with van der Waals surface area (Å²) in [5, 5.41) is 14.1. The lowest BCUT2D eigenvalue weighted by molar-refractivity contribution is 0.318. The minimum absolute atomic E-state index is 0.0807. The fraction of sp³-hybridized carbons (Fsp3) is 0.286. The fourth-order valence-corrected chi connectivity index (χ4v) is 2.68. The van der Waals surface area contributed by atoms with Crippen LogP contribution in [0.5, 0.6) is 0 Å². The molecule has 20 heavy (non-hydrogen) atoms.